The Bertz CT molecular complexity index is 157. The van der Waals surface area contributed by atoms with E-state index in [1.165, 1.54) is 5.00 Å². The molecule has 0 aliphatic rings. The SMILES string of the molecule is [CH2]N(CC)c1cccs1. The third-order valence-electron chi connectivity index (χ3n) is 1.20. The molecule has 0 fully saturated rings. The Labute approximate surface area is 59.9 Å². The molecule has 9 heavy (non-hydrogen) atoms. The molecule has 2 heteroatoms. The summed E-state index contributed by atoms with van der Waals surface area (Å²) in [5.41, 5.74) is 0. The Hall–Kier alpha value is -0.500. The topological polar surface area (TPSA) is 3.24 Å². The van der Waals surface area contributed by atoms with Gasteiger partial charge in [-0.1, -0.05) is 0 Å². The van der Waals surface area contributed by atoms with Crippen LogP contribution in [0.5, 0.6) is 0 Å². The smallest absolute Gasteiger partial charge is 0.0908 e. The minimum atomic E-state index is 0.973. The molecule has 0 aliphatic heterocycles. The first-order chi connectivity index (χ1) is 4.34. The molecule has 0 unspecified atom stereocenters. The lowest BCUT2D eigenvalue weighted by Gasteiger charge is -2.11. The van der Waals surface area contributed by atoms with Gasteiger partial charge in [-0.2, -0.15) is 0 Å². The molecule has 0 saturated heterocycles. The third-order valence-corrected chi connectivity index (χ3v) is 2.13. The number of thiophene rings is 1. The van der Waals surface area contributed by atoms with Gasteiger partial charge in [0.2, 0.25) is 0 Å². The molecule has 1 aromatic rings. The van der Waals surface area contributed by atoms with Crippen LogP contribution in [0.3, 0.4) is 0 Å². The monoisotopic (exact) mass is 140 g/mol. The van der Waals surface area contributed by atoms with Gasteiger partial charge >= 0.3 is 0 Å². The van der Waals surface area contributed by atoms with Crippen LogP contribution in [0.25, 0.3) is 0 Å². The number of nitrogens with zero attached hydrogens (tertiary/aromatic N) is 1. The highest BCUT2D eigenvalue weighted by atomic mass is 32.1. The first kappa shape index (κ1) is 6.62. The van der Waals surface area contributed by atoms with Gasteiger partial charge in [0, 0.05) is 13.6 Å². The lowest BCUT2D eigenvalue weighted by Crippen LogP contribution is -2.10. The summed E-state index contributed by atoms with van der Waals surface area (Å²) in [6.07, 6.45) is 0. The predicted octanol–water partition coefficient (Wildman–Crippen LogP) is 2.37. The van der Waals surface area contributed by atoms with Crippen molar-refractivity contribution in [2.75, 3.05) is 11.4 Å². The summed E-state index contributed by atoms with van der Waals surface area (Å²) in [5.74, 6) is 0. The van der Waals surface area contributed by atoms with Crippen molar-refractivity contribution in [3.63, 3.8) is 0 Å². The molecule has 1 aromatic heterocycles. The summed E-state index contributed by atoms with van der Waals surface area (Å²) in [4.78, 5) is 1.98. The molecule has 0 aromatic carbocycles. The first-order valence-corrected chi connectivity index (χ1v) is 3.84. The minimum Gasteiger partial charge on any atom is -0.362 e. The van der Waals surface area contributed by atoms with Gasteiger partial charge in [0.15, 0.2) is 0 Å². The van der Waals surface area contributed by atoms with E-state index in [4.69, 9.17) is 0 Å². The van der Waals surface area contributed by atoms with Crippen LogP contribution >= 0.6 is 11.3 Å². The quantitative estimate of drug-likeness (QED) is 0.609. The summed E-state index contributed by atoms with van der Waals surface area (Å²) in [6.45, 7) is 3.06. The molecule has 0 aliphatic carbocycles. The van der Waals surface area contributed by atoms with Gasteiger partial charge in [0.05, 0.1) is 5.00 Å². The predicted molar refractivity (Wildman–Crippen MR) is 42.7 cm³/mol. The highest BCUT2D eigenvalue weighted by Crippen LogP contribution is 2.19. The summed E-state index contributed by atoms with van der Waals surface area (Å²) >= 11 is 1.72. The van der Waals surface area contributed by atoms with Crippen LogP contribution < -0.4 is 4.90 Å². The fraction of sp³-hybridized carbons (Fsp3) is 0.286. The van der Waals surface area contributed by atoms with Crippen LogP contribution in [-0.2, 0) is 0 Å². The van der Waals surface area contributed by atoms with Crippen LogP contribution in [0, 0.1) is 7.05 Å². The largest absolute Gasteiger partial charge is 0.362 e. The summed E-state index contributed by atoms with van der Waals surface area (Å²) in [5, 5.41) is 3.29. The van der Waals surface area contributed by atoms with Gasteiger partial charge in [-0.15, -0.1) is 11.3 Å². The van der Waals surface area contributed by atoms with Crippen molar-refractivity contribution in [3.8, 4) is 0 Å². The lowest BCUT2D eigenvalue weighted by molar-refractivity contribution is 1.03. The molecule has 0 saturated carbocycles. The maximum absolute atomic E-state index is 3.84. The maximum Gasteiger partial charge on any atom is 0.0908 e. The molecule has 1 heterocycles. The number of anilines is 1. The van der Waals surface area contributed by atoms with Crippen molar-refractivity contribution in [3.05, 3.63) is 24.6 Å². The van der Waals surface area contributed by atoms with Gasteiger partial charge in [-0.3, -0.25) is 0 Å². The second-order valence-electron chi connectivity index (χ2n) is 1.81. The number of rotatable bonds is 2. The van der Waals surface area contributed by atoms with Crippen molar-refractivity contribution in [1.82, 2.24) is 0 Å². The fourth-order valence-corrected chi connectivity index (χ4v) is 1.34. The highest BCUT2D eigenvalue weighted by molar-refractivity contribution is 7.14. The second kappa shape index (κ2) is 2.87. The summed E-state index contributed by atoms with van der Waals surface area (Å²) in [7, 11) is 3.84. The van der Waals surface area contributed by atoms with E-state index in [1.54, 1.807) is 11.3 Å². The van der Waals surface area contributed by atoms with Crippen molar-refractivity contribution in [2.45, 2.75) is 6.92 Å². The Morgan fingerprint density at radius 3 is 3.00 bits per heavy atom. The Kier molecular flexibility index (Phi) is 2.11. The molecule has 0 spiro atoms. The van der Waals surface area contributed by atoms with Gasteiger partial charge < -0.3 is 4.90 Å². The molecular formula is C7H10NS. The Balaban J connectivity index is 2.65. The molecule has 1 nitrogen and oxygen atoms in total. The fourth-order valence-electron chi connectivity index (χ4n) is 0.606. The van der Waals surface area contributed by atoms with Crippen LogP contribution in [-0.4, -0.2) is 6.54 Å². The van der Waals surface area contributed by atoms with E-state index in [2.05, 4.69) is 25.4 Å². The molecule has 1 radical (unpaired) electrons. The standard InChI is InChI=1S/C7H10NS/c1-3-8(2)7-5-4-6-9-7/h4-6H,2-3H2,1H3. The zero-order chi connectivity index (χ0) is 6.69. The van der Waals surface area contributed by atoms with E-state index in [0.29, 0.717) is 0 Å². The van der Waals surface area contributed by atoms with Crippen molar-refractivity contribution < 1.29 is 0 Å². The Morgan fingerprint density at radius 2 is 2.56 bits per heavy atom. The van der Waals surface area contributed by atoms with Crippen molar-refractivity contribution >= 4 is 16.3 Å². The molecule has 0 atom stereocenters. The van der Waals surface area contributed by atoms with Crippen LogP contribution in [0.2, 0.25) is 0 Å². The molecule has 0 N–H and O–H groups in total. The molecule has 0 amide bonds. The lowest BCUT2D eigenvalue weighted by atomic mass is 10.5. The van der Waals surface area contributed by atoms with Gasteiger partial charge in [0.1, 0.15) is 0 Å². The van der Waals surface area contributed by atoms with E-state index in [9.17, 15) is 0 Å². The zero-order valence-corrected chi connectivity index (χ0v) is 6.32. The van der Waals surface area contributed by atoms with E-state index < -0.39 is 0 Å². The normalized spacial score (nSPS) is 9.56. The summed E-state index contributed by atoms with van der Waals surface area (Å²) < 4.78 is 0. The number of hydrogen-bond donors (Lipinski definition) is 0. The maximum atomic E-state index is 3.84. The summed E-state index contributed by atoms with van der Waals surface area (Å²) in [6, 6.07) is 4.11. The molecule has 1 rings (SSSR count). The molecule has 49 valence electrons. The molecular weight excluding hydrogens is 130 g/mol. The van der Waals surface area contributed by atoms with Crippen molar-refractivity contribution in [2.24, 2.45) is 0 Å². The zero-order valence-electron chi connectivity index (χ0n) is 5.50. The van der Waals surface area contributed by atoms with E-state index >= 15 is 0 Å². The van der Waals surface area contributed by atoms with Crippen LogP contribution in [0.4, 0.5) is 5.00 Å². The van der Waals surface area contributed by atoms with E-state index in [1.807, 2.05) is 11.0 Å². The Morgan fingerprint density at radius 1 is 1.78 bits per heavy atom. The third kappa shape index (κ3) is 1.45. The van der Waals surface area contributed by atoms with Crippen LogP contribution in [0.15, 0.2) is 17.5 Å². The van der Waals surface area contributed by atoms with Gasteiger partial charge in [0.25, 0.3) is 0 Å². The molecule has 0 bridgehead atoms. The van der Waals surface area contributed by atoms with Gasteiger partial charge in [-0.05, 0) is 24.4 Å². The van der Waals surface area contributed by atoms with E-state index in [0.717, 1.165) is 6.54 Å². The van der Waals surface area contributed by atoms with Crippen molar-refractivity contribution in [1.29, 1.82) is 0 Å². The van der Waals surface area contributed by atoms with Gasteiger partial charge in [-0.25, -0.2) is 0 Å². The average molecular weight is 140 g/mol. The van der Waals surface area contributed by atoms with E-state index in [-0.39, 0.29) is 0 Å². The average Bonchev–Trinajstić information content (AvgIpc) is 2.37. The van der Waals surface area contributed by atoms with Crippen LogP contribution in [0.1, 0.15) is 6.92 Å². The highest BCUT2D eigenvalue weighted by Gasteiger charge is 1.95. The second-order valence-corrected chi connectivity index (χ2v) is 2.73. The number of hydrogen-bond acceptors (Lipinski definition) is 2. The minimum absolute atomic E-state index is 0.973. The first-order valence-electron chi connectivity index (χ1n) is 2.96.